The van der Waals surface area contributed by atoms with Crippen LogP contribution in [0.4, 0.5) is 0 Å². The second-order valence-corrected chi connectivity index (χ2v) is 6.29. The van der Waals surface area contributed by atoms with Gasteiger partial charge in [-0.15, -0.1) is 0 Å². The molecule has 2 unspecified atom stereocenters. The van der Waals surface area contributed by atoms with Gasteiger partial charge in [0.2, 0.25) is 5.91 Å². The van der Waals surface area contributed by atoms with Gasteiger partial charge in [0.15, 0.2) is 0 Å². The summed E-state index contributed by atoms with van der Waals surface area (Å²) in [5.74, 6) is 1.02. The highest BCUT2D eigenvalue weighted by atomic mass is 16.5. The van der Waals surface area contributed by atoms with Crippen LogP contribution in [0.3, 0.4) is 0 Å². The van der Waals surface area contributed by atoms with E-state index in [1.807, 2.05) is 53.4 Å². The Balaban J connectivity index is 1.49. The highest BCUT2D eigenvalue weighted by Crippen LogP contribution is 2.28. The average molecular weight is 339 g/mol. The van der Waals surface area contributed by atoms with E-state index in [1.165, 1.54) is 0 Å². The van der Waals surface area contributed by atoms with Crippen molar-refractivity contribution >= 4 is 5.91 Å². The third-order valence-electron chi connectivity index (χ3n) is 4.55. The molecule has 4 heteroatoms. The summed E-state index contributed by atoms with van der Waals surface area (Å²) in [5, 5.41) is 0. The van der Waals surface area contributed by atoms with E-state index in [9.17, 15) is 4.79 Å². The van der Waals surface area contributed by atoms with Gasteiger partial charge in [0.05, 0.1) is 19.3 Å². The molecule has 1 amide bonds. The van der Waals surface area contributed by atoms with Crippen molar-refractivity contribution in [1.29, 1.82) is 0 Å². The first-order chi connectivity index (χ1) is 12.3. The highest BCUT2D eigenvalue weighted by molar-refractivity contribution is 5.76. The van der Waals surface area contributed by atoms with Crippen LogP contribution in [0.1, 0.15) is 31.4 Å². The Morgan fingerprint density at radius 1 is 1.12 bits per heavy atom. The molecule has 4 nitrogen and oxygen atoms in total. The van der Waals surface area contributed by atoms with Crippen LogP contribution in [-0.4, -0.2) is 36.6 Å². The standard InChI is InChI=1S/C21H25NO3/c1-17-21(18-9-4-2-5-10-18)25-16-14-22(17)20(23)13-8-15-24-19-11-6-3-7-12-19/h2-7,9-12,17,21H,8,13-16H2,1H3. The largest absolute Gasteiger partial charge is 0.494 e. The first-order valence-corrected chi connectivity index (χ1v) is 8.89. The monoisotopic (exact) mass is 339 g/mol. The molecule has 0 aromatic heterocycles. The van der Waals surface area contributed by atoms with Gasteiger partial charge in [0.25, 0.3) is 0 Å². The Labute approximate surface area is 149 Å². The maximum absolute atomic E-state index is 12.6. The highest BCUT2D eigenvalue weighted by Gasteiger charge is 2.32. The molecule has 0 radical (unpaired) electrons. The molecular weight excluding hydrogens is 314 g/mol. The molecule has 132 valence electrons. The summed E-state index contributed by atoms with van der Waals surface area (Å²) in [6, 6.07) is 19.9. The van der Waals surface area contributed by atoms with Gasteiger partial charge < -0.3 is 14.4 Å². The number of rotatable bonds is 6. The van der Waals surface area contributed by atoms with Crippen molar-refractivity contribution in [3.8, 4) is 5.75 Å². The van der Waals surface area contributed by atoms with E-state index in [0.717, 1.165) is 11.3 Å². The van der Waals surface area contributed by atoms with Crippen molar-refractivity contribution < 1.29 is 14.3 Å². The van der Waals surface area contributed by atoms with E-state index < -0.39 is 0 Å². The van der Waals surface area contributed by atoms with Crippen molar-refractivity contribution in [2.75, 3.05) is 19.8 Å². The number of hydrogen-bond donors (Lipinski definition) is 0. The quantitative estimate of drug-likeness (QED) is 0.751. The lowest BCUT2D eigenvalue weighted by Crippen LogP contribution is -2.48. The predicted molar refractivity (Wildman–Crippen MR) is 97.5 cm³/mol. The second-order valence-electron chi connectivity index (χ2n) is 6.29. The third kappa shape index (κ3) is 4.60. The molecule has 3 rings (SSSR count). The zero-order chi connectivity index (χ0) is 17.5. The van der Waals surface area contributed by atoms with E-state index in [0.29, 0.717) is 32.6 Å². The zero-order valence-corrected chi connectivity index (χ0v) is 14.6. The number of carbonyl (C=O) groups excluding carboxylic acids is 1. The number of para-hydroxylation sites is 1. The fraction of sp³-hybridized carbons (Fsp3) is 0.381. The Morgan fingerprint density at radius 3 is 2.52 bits per heavy atom. The van der Waals surface area contributed by atoms with Crippen LogP contribution in [-0.2, 0) is 9.53 Å². The fourth-order valence-corrected chi connectivity index (χ4v) is 3.23. The summed E-state index contributed by atoms with van der Waals surface area (Å²) < 4.78 is 11.6. The molecule has 1 saturated heterocycles. The van der Waals surface area contributed by atoms with Crippen LogP contribution < -0.4 is 4.74 Å². The molecule has 25 heavy (non-hydrogen) atoms. The zero-order valence-electron chi connectivity index (χ0n) is 14.6. The Hall–Kier alpha value is -2.33. The topological polar surface area (TPSA) is 38.8 Å². The molecule has 0 aliphatic carbocycles. The second kappa shape index (κ2) is 8.67. The Bertz CT molecular complexity index is 659. The van der Waals surface area contributed by atoms with Crippen molar-refractivity contribution in [3.05, 3.63) is 66.2 Å². The minimum Gasteiger partial charge on any atom is -0.494 e. The summed E-state index contributed by atoms with van der Waals surface area (Å²) >= 11 is 0. The van der Waals surface area contributed by atoms with Gasteiger partial charge in [-0.05, 0) is 31.0 Å². The van der Waals surface area contributed by atoms with Gasteiger partial charge in [-0.3, -0.25) is 4.79 Å². The lowest BCUT2D eigenvalue weighted by molar-refractivity contribution is -0.145. The Morgan fingerprint density at radius 2 is 1.80 bits per heavy atom. The van der Waals surface area contributed by atoms with Gasteiger partial charge in [0.1, 0.15) is 11.9 Å². The smallest absolute Gasteiger partial charge is 0.223 e. The average Bonchev–Trinajstić information content (AvgIpc) is 2.67. The first kappa shape index (κ1) is 17.5. The van der Waals surface area contributed by atoms with Crippen LogP contribution in [0.15, 0.2) is 60.7 Å². The van der Waals surface area contributed by atoms with Crippen LogP contribution >= 0.6 is 0 Å². The van der Waals surface area contributed by atoms with Crippen LogP contribution in [0, 0.1) is 0 Å². The SMILES string of the molecule is CC1C(c2ccccc2)OCCN1C(=O)CCCOc1ccccc1. The number of amides is 1. The summed E-state index contributed by atoms with van der Waals surface area (Å²) in [4.78, 5) is 14.6. The van der Waals surface area contributed by atoms with Crippen LogP contribution in [0.2, 0.25) is 0 Å². The molecule has 1 aliphatic heterocycles. The minimum absolute atomic E-state index is 0.0405. The van der Waals surface area contributed by atoms with Gasteiger partial charge in [-0.25, -0.2) is 0 Å². The van der Waals surface area contributed by atoms with Crippen molar-refractivity contribution in [2.45, 2.75) is 31.9 Å². The van der Waals surface area contributed by atoms with Gasteiger partial charge in [-0.1, -0.05) is 48.5 Å². The molecule has 0 bridgehead atoms. The van der Waals surface area contributed by atoms with E-state index in [-0.39, 0.29) is 18.1 Å². The maximum Gasteiger partial charge on any atom is 0.223 e. The predicted octanol–water partition coefficient (Wildman–Crippen LogP) is 3.83. The molecule has 1 aliphatic rings. The van der Waals surface area contributed by atoms with Crippen LogP contribution in [0.5, 0.6) is 5.75 Å². The maximum atomic E-state index is 12.6. The van der Waals surface area contributed by atoms with Gasteiger partial charge in [-0.2, -0.15) is 0 Å². The lowest BCUT2D eigenvalue weighted by atomic mass is 10.00. The van der Waals surface area contributed by atoms with E-state index in [1.54, 1.807) is 0 Å². The minimum atomic E-state index is -0.0560. The molecule has 0 saturated carbocycles. The van der Waals surface area contributed by atoms with Gasteiger partial charge in [0, 0.05) is 13.0 Å². The van der Waals surface area contributed by atoms with Gasteiger partial charge >= 0.3 is 0 Å². The molecule has 2 atom stereocenters. The van der Waals surface area contributed by atoms with Crippen LogP contribution in [0.25, 0.3) is 0 Å². The molecule has 0 N–H and O–H groups in total. The van der Waals surface area contributed by atoms with Crippen molar-refractivity contribution in [1.82, 2.24) is 4.90 Å². The van der Waals surface area contributed by atoms with Crippen molar-refractivity contribution in [2.24, 2.45) is 0 Å². The number of carbonyl (C=O) groups is 1. The molecular formula is C21H25NO3. The summed E-state index contributed by atoms with van der Waals surface area (Å²) in [6.07, 6.45) is 1.16. The molecule has 2 aromatic rings. The number of ether oxygens (including phenoxy) is 2. The van der Waals surface area contributed by atoms with E-state index in [4.69, 9.17) is 9.47 Å². The summed E-state index contributed by atoms with van der Waals surface area (Å²) in [6.45, 7) is 3.85. The van der Waals surface area contributed by atoms with E-state index >= 15 is 0 Å². The fourth-order valence-electron chi connectivity index (χ4n) is 3.23. The summed E-state index contributed by atoms with van der Waals surface area (Å²) in [5.41, 5.74) is 1.12. The lowest BCUT2D eigenvalue weighted by Gasteiger charge is -2.39. The van der Waals surface area contributed by atoms with E-state index in [2.05, 4.69) is 19.1 Å². The normalized spacial score (nSPS) is 20.3. The summed E-state index contributed by atoms with van der Waals surface area (Å²) in [7, 11) is 0. The number of nitrogens with zero attached hydrogens (tertiary/aromatic N) is 1. The molecule has 1 fully saturated rings. The third-order valence-corrected chi connectivity index (χ3v) is 4.55. The molecule has 2 aromatic carbocycles. The molecule has 1 heterocycles. The van der Waals surface area contributed by atoms with Crippen molar-refractivity contribution in [3.63, 3.8) is 0 Å². The number of morpholine rings is 1. The number of benzene rings is 2. The number of hydrogen-bond acceptors (Lipinski definition) is 3. The Kier molecular flexibility index (Phi) is 6.07. The molecule has 0 spiro atoms. The first-order valence-electron chi connectivity index (χ1n) is 8.89.